The molecule has 16 heavy (non-hydrogen) atoms. The van der Waals surface area contributed by atoms with Gasteiger partial charge in [0.2, 0.25) is 0 Å². The Kier molecular flexibility index (Phi) is 8.99. The van der Waals surface area contributed by atoms with Crippen molar-refractivity contribution in [2.24, 2.45) is 5.92 Å². The van der Waals surface area contributed by atoms with Crippen LogP contribution in [-0.4, -0.2) is 0 Å². The maximum absolute atomic E-state index is 2.32. The lowest BCUT2D eigenvalue weighted by Gasteiger charge is -2.03. The van der Waals surface area contributed by atoms with Gasteiger partial charge in [0.25, 0.3) is 0 Å². The molecule has 0 aliphatic heterocycles. The van der Waals surface area contributed by atoms with Gasteiger partial charge in [-0.05, 0) is 46.0 Å². The number of hydrogen-bond acceptors (Lipinski definition) is 0. The summed E-state index contributed by atoms with van der Waals surface area (Å²) in [5.74, 6) is 0.682. The van der Waals surface area contributed by atoms with E-state index < -0.39 is 0 Å². The van der Waals surface area contributed by atoms with Crippen LogP contribution in [0.2, 0.25) is 0 Å². The monoisotopic (exact) mass is 220 g/mol. The van der Waals surface area contributed by atoms with Crippen molar-refractivity contribution in [1.82, 2.24) is 0 Å². The lowest BCUT2D eigenvalue weighted by Crippen LogP contribution is -1.87. The van der Waals surface area contributed by atoms with Crippen LogP contribution in [-0.2, 0) is 0 Å². The normalized spacial score (nSPS) is 14.2. The van der Waals surface area contributed by atoms with Gasteiger partial charge in [0, 0.05) is 0 Å². The van der Waals surface area contributed by atoms with E-state index in [0.717, 1.165) is 0 Å². The summed E-state index contributed by atoms with van der Waals surface area (Å²) in [5, 5.41) is 0. The summed E-state index contributed by atoms with van der Waals surface area (Å²) in [6.07, 6.45) is 14.0. The van der Waals surface area contributed by atoms with Gasteiger partial charge in [-0.15, -0.1) is 0 Å². The maximum atomic E-state index is 2.32. The molecule has 0 saturated heterocycles. The molecule has 0 radical (unpaired) electrons. The van der Waals surface area contributed by atoms with Crippen LogP contribution in [0.5, 0.6) is 0 Å². The highest BCUT2D eigenvalue weighted by Crippen LogP contribution is 2.10. The van der Waals surface area contributed by atoms with Gasteiger partial charge in [-0.3, -0.25) is 0 Å². The SMILES string of the molecule is CCCC(C)=CC=CC(C)CCC=C(C)C. The van der Waals surface area contributed by atoms with Crippen molar-refractivity contribution >= 4 is 0 Å². The van der Waals surface area contributed by atoms with Gasteiger partial charge in [-0.2, -0.15) is 0 Å². The van der Waals surface area contributed by atoms with Crippen LogP contribution in [0.15, 0.2) is 35.5 Å². The second-order valence-corrected chi connectivity index (χ2v) is 4.98. The minimum absolute atomic E-state index is 0.682. The fraction of sp³-hybridized carbons (Fsp3) is 0.625. The largest absolute Gasteiger partial charge is 0.0859 e. The molecule has 0 saturated carbocycles. The zero-order chi connectivity index (χ0) is 12.4. The van der Waals surface area contributed by atoms with E-state index in [1.165, 1.54) is 36.8 Å². The summed E-state index contributed by atoms with van der Waals surface area (Å²) in [6.45, 7) is 11.1. The van der Waals surface area contributed by atoms with Crippen molar-refractivity contribution in [2.45, 2.75) is 60.3 Å². The fourth-order valence-electron chi connectivity index (χ4n) is 1.62. The van der Waals surface area contributed by atoms with Crippen LogP contribution >= 0.6 is 0 Å². The summed E-state index contributed by atoms with van der Waals surface area (Å²) >= 11 is 0. The highest BCUT2D eigenvalue weighted by Gasteiger charge is 1.94. The molecular formula is C16H28. The van der Waals surface area contributed by atoms with Crippen molar-refractivity contribution in [3.63, 3.8) is 0 Å². The summed E-state index contributed by atoms with van der Waals surface area (Å²) in [6, 6.07) is 0. The molecule has 0 spiro atoms. The van der Waals surface area contributed by atoms with E-state index in [1.807, 2.05) is 0 Å². The Morgan fingerprint density at radius 2 is 1.88 bits per heavy atom. The third-order valence-corrected chi connectivity index (χ3v) is 2.64. The molecule has 0 heteroatoms. The molecule has 0 nitrogen and oxygen atoms in total. The van der Waals surface area contributed by atoms with E-state index in [4.69, 9.17) is 0 Å². The first-order valence-electron chi connectivity index (χ1n) is 6.53. The van der Waals surface area contributed by atoms with Crippen LogP contribution in [0.1, 0.15) is 60.3 Å². The first kappa shape index (κ1) is 15.2. The zero-order valence-corrected chi connectivity index (χ0v) is 11.7. The number of hydrogen-bond donors (Lipinski definition) is 0. The lowest BCUT2D eigenvalue weighted by atomic mass is 10.0. The van der Waals surface area contributed by atoms with Crippen LogP contribution in [0.4, 0.5) is 0 Å². The molecule has 0 rings (SSSR count). The van der Waals surface area contributed by atoms with E-state index in [2.05, 4.69) is 58.9 Å². The molecule has 0 bridgehead atoms. The Hall–Kier alpha value is -0.780. The van der Waals surface area contributed by atoms with Gasteiger partial charge in [-0.1, -0.05) is 55.7 Å². The molecule has 0 heterocycles. The van der Waals surface area contributed by atoms with Crippen LogP contribution in [0.3, 0.4) is 0 Å². The Labute approximate surface area is 102 Å². The minimum atomic E-state index is 0.682. The average molecular weight is 220 g/mol. The van der Waals surface area contributed by atoms with Crippen LogP contribution in [0.25, 0.3) is 0 Å². The first-order valence-corrected chi connectivity index (χ1v) is 6.53. The van der Waals surface area contributed by atoms with Crippen molar-refractivity contribution in [2.75, 3.05) is 0 Å². The predicted octanol–water partition coefficient (Wildman–Crippen LogP) is 5.67. The molecule has 92 valence electrons. The van der Waals surface area contributed by atoms with Gasteiger partial charge in [0.1, 0.15) is 0 Å². The third kappa shape index (κ3) is 9.76. The van der Waals surface area contributed by atoms with E-state index in [1.54, 1.807) is 0 Å². The second-order valence-electron chi connectivity index (χ2n) is 4.98. The van der Waals surface area contributed by atoms with Crippen molar-refractivity contribution in [3.05, 3.63) is 35.5 Å². The first-order chi connectivity index (χ1) is 7.56. The van der Waals surface area contributed by atoms with E-state index >= 15 is 0 Å². The molecule has 0 amide bonds. The van der Waals surface area contributed by atoms with Gasteiger partial charge < -0.3 is 0 Å². The Morgan fingerprint density at radius 1 is 1.19 bits per heavy atom. The fourth-order valence-corrected chi connectivity index (χ4v) is 1.62. The van der Waals surface area contributed by atoms with Crippen molar-refractivity contribution in [3.8, 4) is 0 Å². The smallest absolute Gasteiger partial charge is 0.0256 e. The molecule has 0 aromatic rings. The molecule has 0 aliphatic carbocycles. The minimum Gasteiger partial charge on any atom is -0.0859 e. The topological polar surface area (TPSA) is 0 Å². The van der Waals surface area contributed by atoms with E-state index in [0.29, 0.717) is 5.92 Å². The quantitative estimate of drug-likeness (QED) is 0.383. The molecular weight excluding hydrogens is 192 g/mol. The van der Waals surface area contributed by atoms with Gasteiger partial charge in [0.05, 0.1) is 0 Å². The number of allylic oxidation sites excluding steroid dienone is 6. The van der Waals surface area contributed by atoms with Crippen molar-refractivity contribution < 1.29 is 0 Å². The second kappa shape index (κ2) is 9.45. The predicted molar refractivity (Wildman–Crippen MR) is 75.6 cm³/mol. The molecule has 0 aromatic heterocycles. The molecule has 0 aliphatic rings. The Bertz CT molecular complexity index is 249. The Morgan fingerprint density at radius 3 is 2.44 bits per heavy atom. The van der Waals surface area contributed by atoms with E-state index in [-0.39, 0.29) is 0 Å². The average Bonchev–Trinajstić information content (AvgIpc) is 2.17. The maximum Gasteiger partial charge on any atom is -0.0256 e. The van der Waals surface area contributed by atoms with Gasteiger partial charge in [0.15, 0.2) is 0 Å². The number of rotatable bonds is 7. The third-order valence-electron chi connectivity index (χ3n) is 2.64. The molecule has 0 aromatic carbocycles. The summed E-state index contributed by atoms with van der Waals surface area (Å²) in [7, 11) is 0. The highest BCUT2D eigenvalue weighted by molar-refractivity contribution is 5.11. The van der Waals surface area contributed by atoms with Gasteiger partial charge >= 0.3 is 0 Å². The molecule has 1 unspecified atom stereocenters. The highest BCUT2D eigenvalue weighted by atomic mass is 14.0. The van der Waals surface area contributed by atoms with E-state index in [9.17, 15) is 0 Å². The summed E-state index contributed by atoms with van der Waals surface area (Å²) in [4.78, 5) is 0. The van der Waals surface area contributed by atoms with Crippen LogP contribution in [0, 0.1) is 5.92 Å². The van der Waals surface area contributed by atoms with Crippen molar-refractivity contribution in [1.29, 1.82) is 0 Å². The zero-order valence-electron chi connectivity index (χ0n) is 11.7. The van der Waals surface area contributed by atoms with Crippen LogP contribution < -0.4 is 0 Å². The van der Waals surface area contributed by atoms with Gasteiger partial charge in [-0.25, -0.2) is 0 Å². The lowest BCUT2D eigenvalue weighted by molar-refractivity contribution is 0.656. The Balaban J connectivity index is 3.86. The standard InChI is InChI=1S/C16H28/c1-6-9-15(4)12-8-13-16(5)11-7-10-14(2)3/h8,10,12-13,16H,6-7,9,11H2,1-5H3. The molecule has 0 fully saturated rings. The molecule has 1 atom stereocenters. The molecule has 0 N–H and O–H groups in total. The summed E-state index contributed by atoms with van der Waals surface area (Å²) in [5.41, 5.74) is 2.91. The summed E-state index contributed by atoms with van der Waals surface area (Å²) < 4.78 is 0.